The van der Waals surface area contributed by atoms with E-state index in [1.807, 2.05) is 6.92 Å². The molecule has 0 spiro atoms. The third-order valence-corrected chi connectivity index (χ3v) is 2.81. The number of carbonyl (C=O) groups excluding carboxylic acids is 2. The van der Waals surface area contributed by atoms with Crippen LogP contribution in [0.5, 0.6) is 0 Å². The van der Waals surface area contributed by atoms with Gasteiger partial charge in [0.25, 0.3) is 0 Å². The van der Waals surface area contributed by atoms with Gasteiger partial charge in [-0.05, 0) is 25.7 Å². The van der Waals surface area contributed by atoms with Crippen molar-refractivity contribution in [2.75, 3.05) is 19.8 Å². The second-order valence-electron chi connectivity index (χ2n) is 4.26. The predicted octanol–water partition coefficient (Wildman–Crippen LogP) is 0.871. The number of esters is 1. The van der Waals surface area contributed by atoms with Crippen molar-refractivity contribution in [2.45, 2.75) is 39.2 Å². The number of hydrogen-bond donors (Lipinski definition) is 1. The lowest BCUT2D eigenvalue weighted by molar-refractivity contribution is -0.143. The number of hydrogen-bond acceptors (Lipinski definition) is 4. The Labute approximate surface area is 102 Å². The molecule has 0 aliphatic carbocycles. The average molecular weight is 243 g/mol. The molecule has 2 atom stereocenters. The van der Waals surface area contributed by atoms with Crippen molar-refractivity contribution in [1.82, 2.24) is 5.32 Å². The molecule has 0 saturated carbocycles. The monoisotopic (exact) mass is 243 g/mol. The van der Waals surface area contributed by atoms with Gasteiger partial charge in [-0.15, -0.1) is 0 Å². The van der Waals surface area contributed by atoms with Gasteiger partial charge in [-0.3, -0.25) is 9.59 Å². The largest absolute Gasteiger partial charge is 0.466 e. The Bertz CT molecular complexity index is 267. The van der Waals surface area contributed by atoms with Gasteiger partial charge in [0.15, 0.2) is 0 Å². The van der Waals surface area contributed by atoms with E-state index >= 15 is 0 Å². The summed E-state index contributed by atoms with van der Waals surface area (Å²) in [4.78, 5) is 22.7. The summed E-state index contributed by atoms with van der Waals surface area (Å²) in [6.07, 6.45) is 1.56. The molecule has 1 heterocycles. The second-order valence-corrected chi connectivity index (χ2v) is 4.26. The zero-order chi connectivity index (χ0) is 12.7. The first-order chi connectivity index (χ1) is 8.15. The molecular weight excluding hydrogens is 222 g/mol. The van der Waals surface area contributed by atoms with Crippen LogP contribution in [0, 0.1) is 5.92 Å². The van der Waals surface area contributed by atoms with Crippen molar-refractivity contribution in [3.05, 3.63) is 0 Å². The first kappa shape index (κ1) is 14.0. The summed E-state index contributed by atoms with van der Waals surface area (Å²) in [6.45, 7) is 5.33. The Morgan fingerprint density at radius 1 is 1.47 bits per heavy atom. The highest BCUT2D eigenvalue weighted by Crippen LogP contribution is 2.19. The molecule has 0 aromatic rings. The Hall–Kier alpha value is -1.10. The van der Waals surface area contributed by atoms with E-state index in [1.165, 1.54) is 0 Å². The topological polar surface area (TPSA) is 64.6 Å². The predicted molar refractivity (Wildman–Crippen MR) is 62.4 cm³/mol. The molecule has 0 aromatic heterocycles. The maximum atomic E-state index is 11.7. The molecule has 17 heavy (non-hydrogen) atoms. The van der Waals surface area contributed by atoms with E-state index in [-0.39, 0.29) is 23.9 Å². The molecule has 1 aliphatic rings. The highest BCUT2D eigenvalue weighted by atomic mass is 16.5. The van der Waals surface area contributed by atoms with E-state index in [4.69, 9.17) is 9.47 Å². The van der Waals surface area contributed by atoms with E-state index in [1.54, 1.807) is 6.92 Å². The zero-order valence-corrected chi connectivity index (χ0v) is 10.5. The molecule has 1 fully saturated rings. The lowest BCUT2D eigenvalue weighted by Crippen LogP contribution is -2.37. The molecule has 1 N–H and O–H groups in total. The van der Waals surface area contributed by atoms with Crippen LogP contribution in [0.25, 0.3) is 0 Å². The van der Waals surface area contributed by atoms with Crippen molar-refractivity contribution < 1.29 is 19.1 Å². The summed E-state index contributed by atoms with van der Waals surface area (Å²) in [6, 6.07) is 0. The number of amides is 1. The molecule has 5 heteroatoms. The van der Waals surface area contributed by atoms with Crippen LogP contribution in [0.1, 0.15) is 33.1 Å². The van der Waals surface area contributed by atoms with Gasteiger partial charge in [-0.1, -0.05) is 6.92 Å². The average Bonchev–Trinajstić information content (AvgIpc) is 2.71. The van der Waals surface area contributed by atoms with E-state index in [0.29, 0.717) is 32.6 Å². The van der Waals surface area contributed by atoms with Crippen molar-refractivity contribution in [3.8, 4) is 0 Å². The summed E-state index contributed by atoms with van der Waals surface area (Å²) in [5.41, 5.74) is 0. The quantitative estimate of drug-likeness (QED) is 0.555. The summed E-state index contributed by atoms with van der Waals surface area (Å²) in [5.74, 6) is -0.00820. The van der Waals surface area contributed by atoms with Gasteiger partial charge < -0.3 is 14.8 Å². The smallest absolute Gasteiger partial charge is 0.305 e. The first-order valence-corrected chi connectivity index (χ1v) is 6.20. The normalized spacial score (nSPS) is 23.4. The van der Waals surface area contributed by atoms with Crippen LogP contribution in [-0.4, -0.2) is 37.7 Å². The molecule has 0 aromatic carbocycles. The van der Waals surface area contributed by atoms with E-state index in [0.717, 1.165) is 6.42 Å². The van der Waals surface area contributed by atoms with Crippen LogP contribution in [0.4, 0.5) is 0 Å². The number of nitrogens with one attached hydrogen (secondary N) is 1. The minimum absolute atomic E-state index is 0.0705. The highest BCUT2D eigenvalue weighted by molar-refractivity contribution is 5.81. The number of ether oxygens (including phenoxy) is 2. The summed E-state index contributed by atoms with van der Waals surface area (Å²) >= 11 is 0. The van der Waals surface area contributed by atoms with Crippen LogP contribution in [-0.2, 0) is 19.1 Å². The molecule has 5 nitrogen and oxygen atoms in total. The molecular formula is C12H21NO4. The maximum absolute atomic E-state index is 11.7. The standard InChI is InChI=1S/C12H21NO4/c1-3-16-10(14)5-4-7-13-12(15)11-9(2)6-8-17-11/h9,11H,3-8H2,1-2H3,(H,13,15). The van der Waals surface area contributed by atoms with Crippen molar-refractivity contribution >= 4 is 11.9 Å². The number of carbonyl (C=O) groups is 2. The van der Waals surface area contributed by atoms with Gasteiger partial charge in [-0.25, -0.2) is 0 Å². The Kier molecular flexibility index (Phi) is 5.97. The number of rotatable bonds is 6. The Morgan fingerprint density at radius 3 is 2.82 bits per heavy atom. The van der Waals surface area contributed by atoms with Crippen LogP contribution in [0.15, 0.2) is 0 Å². The SMILES string of the molecule is CCOC(=O)CCCNC(=O)C1OCCC1C. The molecule has 2 unspecified atom stereocenters. The first-order valence-electron chi connectivity index (χ1n) is 6.20. The van der Waals surface area contributed by atoms with Gasteiger partial charge in [-0.2, -0.15) is 0 Å². The molecule has 1 aliphatic heterocycles. The maximum Gasteiger partial charge on any atom is 0.305 e. The Morgan fingerprint density at radius 2 is 2.24 bits per heavy atom. The second kappa shape index (κ2) is 7.27. The summed E-state index contributed by atoms with van der Waals surface area (Å²) in [5, 5.41) is 2.78. The minimum atomic E-state index is -0.322. The molecule has 1 saturated heterocycles. The molecule has 1 rings (SSSR count). The highest BCUT2D eigenvalue weighted by Gasteiger charge is 2.30. The summed E-state index contributed by atoms with van der Waals surface area (Å²) < 4.78 is 10.1. The van der Waals surface area contributed by atoms with Gasteiger partial charge in [0, 0.05) is 19.6 Å². The van der Waals surface area contributed by atoms with Gasteiger partial charge in [0.1, 0.15) is 6.10 Å². The van der Waals surface area contributed by atoms with E-state index in [2.05, 4.69) is 5.32 Å². The van der Waals surface area contributed by atoms with Crippen LogP contribution in [0.3, 0.4) is 0 Å². The van der Waals surface area contributed by atoms with E-state index in [9.17, 15) is 9.59 Å². The Balaban J connectivity index is 2.10. The van der Waals surface area contributed by atoms with Crippen molar-refractivity contribution in [1.29, 1.82) is 0 Å². The summed E-state index contributed by atoms with van der Waals surface area (Å²) in [7, 11) is 0. The molecule has 1 amide bonds. The lowest BCUT2D eigenvalue weighted by atomic mass is 10.0. The zero-order valence-electron chi connectivity index (χ0n) is 10.5. The molecule has 98 valence electrons. The van der Waals surface area contributed by atoms with Crippen LogP contribution in [0.2, 0.25) is 0 Å². The van der Waals surface area contributed by atoms with Crippen LogP contribution >= 0.6 is 0 Å². The molecule has 0 radical (unpaired) electrons. The van der Waals surface area contributed by atoms with E-state index < -0.39 is 0 Å². The fraction of sp³-hybridized carbons (Fsp3) is 0.833. The fourth-order valence-electron chi connectivity index (χ4n) is 1.81. The lowest BCUT2D eigenvalue weighted by Gasteiger charge is -2.14. The van der Waals surface area contributed by atoms with Crippen molar-refractivity contribution in [2.24, 2.45) is 5.92 Å². The fourth-order valence-corrected chi connectivity index (χ4v) is 1.81. The van der Waals surface area contributed by atoms with Crippen molar-refractivity contribution in [3.63, 3.8) is 0 Å². The van der Waals surface area contributed by atoms with Crippen LogP contribution < -0.4 is 5.32 Å². The minimum Gasteiger partial charge on any atom is -0.466 e. The molecule has 0 bridgehead atoms. The van der Waals surface area contributed by atoms with Gasteiger partial charge >= 0.3 is 5.97 Å². The third kappa shape index (κ3) is 4.73. The van der Waals surface area contributed by atoms with Gasteiger partial charge in [0.2, 0.25) is 5.91 Å². The van der Waals surface area contributed by atoms with Gasteiger partial charge in [0.05, 0.1) is 6.61 Å². The third-order valence-electron chi connectivity index (χ3n) is 2.81.